The Bertz CT molecular complexity index is 816. The molecule has 1 heterocycles. The highest BCUT2D eigenvalue weighted by Crippen LogP contribution is 2.35. The van der Waals surface area contributed by atoms with Gasteiger partial charge in [0.05, 0.1) is 11.3 Å². The summed E-state index contributed by atoms with van der Waals surface area (Å²) < 4.78 is 31.7. The van der Waals surface area contributed by atoms with Crippen molar-refractivity contribution in [3.63, 3.8) is 0 Å². The molecule has 0 saturated heterocycles. The number of halogens is 1. The average molecular weight is 387 g/mol. The molecule has 1 saturated carbocycles. The highest BCUT2D eigenvalue weighted by atomic mass is 35.5. The molecule has 0 radical (unpaired) electrons. The molecule has 0 unspecified atom stereocenters. The fourth-order valence-electron chi connectivity index (χ4n) is 2.99. The SMILES string of the molecule is CCCS(=O)(=O)Nc1cccc(-c2nc(C3(N)CCCC3)no2)c1.Cl. The predicted octanol–water partition coefficient (Wildman–Crippen LogP) is 3.04. The van der Waals surface area contributed by atoms with E-state index >= 15 is 0 Å². The quantitative estimate of drug-likeness (QED) is 0.789. The zero-order valence-electron chi connectivity index (χ0n) is 14.1. The van der Waals surface area contributed by atoms with Gasteiger partial charge in [-0.25, -0.2) is 8.42 Å². The lowest BCUT2D eigenvalue weighted by molar-refractivity contribution is 0.372. The van der Waals surface area contributed by atoms with Gasteiger partial charge in [0.2, 0.25) is 10.0 Å². The molecule has 9 heteroatoms. The van der Waals surface area contributed by atoms with Crippen molar-refractivity contribution in [3.05, 3.63) is 30.1 Å². The molecule has 25 heavy (non-hydrogen) atoms. The average Bonchev–Trinajstić information content (AvgIpc) is 3.16. The number of hydrogen-bond donors (Lipinski definition) is 2. The Kier molecular flexibility index (Phi) is 6.08. The van der Waals surface area contributed by atoms with Crippen molar-refractivity contribution in [1.82, 2.24) is 10.1 Å². The van der Waals surface area contributed by atoms with Crippen molar-refractivity contribution in [3.8, 4) is 11.5 Å². The molecule has 3 N–H and O–H groups in total. The number of nitrogens with one attached hydrogen (secondary N) is 1. The normalized spacial score (nSPS) is 16.4. The molecule has 1 aliphatic carbocycles. The third-order valence-corrected chi connectivity index (χ3v) is 5.72. The van der Waals surface area contributed by atoms with Crippen LogP contribution in [-0.2, 0) is 15.6 Å². The number of nitrogens with two attached hydrogens (primary N) is 1. The maximum absolute atomic E-state index is 11.9. The zero-order chi connectivity index (χ0) is 17.2. The topological polar surface area (TPSA) is 111 Å². The van der Waals surface area contributed by atoms with Gasteiger partial charge in [0, 0.05) is 11.3 Å². The van der Waals surface area contributed by atoms with Crippen LogP contribution in [0.4, 0.5) is 5.69 Å². The Morgan fingerprint density at radius 3 is 2.72 bits per heavy atom. The predicted molar refractivity (Wildman–Crippen MR) is 99.0 cm³/mol. The van der Waals surface area contributed by atoms with Crippen molar-refractivity contribution in [1.29, 1.82) is 0 Å². The summed E-state index contributed by atoms with van der Waals surface area (Å²) in [6.45, 7) is 1.82. The van der Waals surface area contributed by atoms with Gasteiger partial charge in [-0.15, -0.1) is 12.4 Å². The van der Waals surface area contributed by atoms with Gasteiger partial charge in [0.15, 0.2) is 5.82 Å². The van der Waals surface area contributed by atoms with E-state index in [-0.39, 0.29) is 18.2 Å². The maximum Gasteiger partial charge on any atom is 0.258 e. The molecule has 138 valence electrons. The van der Waals surface area contributed by atoms with Crippen LogP contribution in [0.15, 0.2) is 28.8 Å². The summed E-state index contributed by atoms with van der Waals surface area (Å²) >= 11 is 0. The molecule has 1 aromatic heterocycles. The van der Waals surface area contributed by atoms with E-state index in [9.17, 15) is 8.42 Å². The van der Waals surface area contributed by atoms with E-state index in [1.165, 1.54) is 0 Å². The molecule has 2 aromatic rings. The van der Waals surface area contributed by atoms with Crippen LogP contribution in [0.2, 0.25) is 0 Å². The first-order valence-electron chi connectivity index (χ1n) is 8.16. The van der Waals surface area contributed by atoms with E-state index in [4.69, 9.17) is 10.3 Å². The zero-order valence-corrected chi connectivity index (χ0v) is 15.7. The van der Waals surface area contributed by atoms with Gasteiger partial charge >= 0.3 is 0 Å². The van der Waals surface area contributed by atoms with E-state index in [0.29, 0.717) is 29.4 Å². The summed E-state index contributed by atoms with van der Waals surface area (Å²) in [5.41, 5.74) is 6.97. The summed E-state index contributed by atoms with van der Waals surface area (Å²) in [6.07, 6.45) is 4.39. The van der Waals surface area contributed by atoms with Crippen LogP contribution in [0.25, 0.3) is 11.5 Å². The molecular weight excluding hydrogens is 364 g/mol. The third-order valence-electron chi connectivity index (χ3n) is 4.22. The van der Waals surface area contributed by atoms with Crippen LogP contribution >= 0.6 is 12.4 Å². The molecule has 0 aliphatic heterocycles. The van der Waals surface area contributed by atoms with E-state index < -0.39 is 15.6 Å². The molecule has 1 fully saturated rings. The Morgan fingerprint density at radius 1 is 1.32 bits per heavy atom. The van der Waals surface area contributed by atoms with Gasteiger partial charge in [0.1, 0.15) is 0 Å². The number of anilines is 1. The number of hydrogen-bond acceptors (Lipinski definition) is 6. The van der Waals surface area contributed by atoms with Gasteiger partial charge in [-0.3, -0.25) is 4.72 Å². The van der Waals surface area contributed by atoms with Crippen molar-refractivity contribution in [2.45, 2.75) is 44.6 Å². The monoisotopic (exact) mass is 386 g/mol. The van der Waals surface area contributed by atoms with Crippen molar-refractivity contribution in [2.24, 2.45) is 5.73 Å². The standard InChI is InChI=1S/C16H22N4O3S.ClH/c1-2-10-24(21,22)20-13-7-5-6-12(11-13)14-18-15(19-23-14)16(17)8-3-4-9-16;/h5-7,11,20H,2-4,8-10,17H2,1H3;1H. The van der Waals surface area contributed by atoms with Crippen LogP contribution < -0.4 is 10.5 Å². The van der Waals surface area contributed by atoms with Gasteiger partial charge in [-0.2, -0.15) is 4.98 Å². The van der Waals surface area contributed by atoms with Gasteiger partial charge in [-0.05, 0) is 37.5 Å². The third kappa shape index (κ3) is 4.50. The second-order valence-electron chi connectivity index (χ2n) is 6.29. The number of rotatable bonds is 6. The summed E-state index contributed by atoms with van der Waals surface area (Å²) in [5.74, 6) is 0.947. The fraction of sp³-hybridized carbons (Fsp3) is 0.500. The van der Waals surface area contributed by atoms with Crippen LogP contribution in [-0.4, -0.2) is 24.3 Å². The Labute approximate surface area is 153 Å². The first kappa shape index (κ1) is 19.7. The minimum absolute atomic E-state index is 0. The lowest BCUT2D eigenvalue weighted by Crippen LogP contribution is -2.34. The molecule has 0 spiro atoms. The largest absolute Gasteiger partial charge is 0.334 e. The minimum atomic E-state index is -3.34. The molecule has 7 nitrogen and oxygen atoms in total. The second kappa shape index (κ2) is 7.72. The Morgan fingerprint density at radius 2 is 2.04 bits per heavy atom. The summed E-state index contributed by atoms with van der Waals surface area (Å²) in [6, 6.07) is 6.92. The molecule has 1 aliphatic rings. The van der Waals surface area contributed by atoms with Crippen LogP contribution in [0.5, 0.6) is 0 Å². The van der Waals surface area contributed by atoms with Crippen LogP contribution in [0.1, 0.15) is 44.9 Å². The molecule has 0 atom stereocenters. The van der Waals surface area contributed by atoms with E-state index in [0.717, 1.165) is 25.7 Å². The highest BCUT2D eigenvalue weighted by molar-refractivity contribution is 7.92. The first-order chi connectivity index (χ1) is 11.4. The maximum atomic E-state index is 11.9. The molecule has 3 rings (SSSR count). The second-order valence-corrected chi connectivity index (χ2v) is 8.13. The van der Waals surface area contributed by atoms with Crippen molar-refractivity contribution >= 4 is 28.1 Å². The van der Waals surface area contributed by atoms with Crippen LogP contribution in [0.3, 0.4) is 0 Å². The molecule has 0 amide bonds. The van der Waals surface area contributed by atoms with E-state index in [1.54, 1.807) is 24.3 Å². The Hall–Kier alpha value is -1.64. The summed E-state index contributed by atoms with van der Waals surface area (Å²) in [4.78, 5) is 4.43. The summed E-state index contributed by atoms with van der Waals surface area (Å²) in [5, 5.41) is 4.03. The van der Waals surface area contributed by atoms with Crippen molar-refractivity contribution in [2.75, 3.05) is 10.5 Å². The van der Waals surface area contributed by atoms with Crippen molar-refractivity contribution < 1.29 is 12.9 Å². The van der Waals surface area contributed by atoms with Gasteiger partial charge in [-0.1, -0.05) is 31.0 Å². The van der Waals surface area contributed by atoms with Crippen LogP contribution in [0, 0.1) is 0 Å². The first-order valence-corrected chi connectivity index (χ1v) is 9.81. The van der Waals surface area contributed by atoms with Gasteiger partial charge in [0.25, 0.3) is 5.89 Å². The fourth-order valence-corrected chi connectivity index (χ4v) is 4.11. The van der Waals surface area contributed by atoms with Gasteiger partial charge < -0.3 is 10.3 Å². The smallest absolute Gasteiger partial charge is 0.258 e. The van der Waals surface area contributed by atoms with E-state index in [1.807, 2.05) is 6.92 Å². The molecule has 0 bridgehead atoms. The number of sulfonamides is 1. The number of nitrogens with zero attached hydrogens (tertiary/aromatic N) is 2. The number of aromatic nitrogens is 2. The molecule has 1 aromatic carbocycles. The van der Waals surface area contributed by atoms with E-state index in [2.05, 4.69) is 14.9 Å². The minimum Gasteiger partial charge on any atom is -0.334 e. The lowest BCUT2D eigenvalue weighted by Gasteiger charge is -2.17. The molecular formula is C16H23ClN4O3S. The summed E-state index contributed by atoms with van der Waals surface area (Å²) in [7, 11) is -3.34. The number of benzene rings is 1. The Balaban J connectivity index is 0.00000225. The highest BCUT2D eigenvalue weighted by Gasteiger charge is 2.36. The lowest BCUT2D eigenvalue weighted by atomic mass is 9.99.